The molecular formula is C7H7BrN2O2. The molecule has 0 fully saturated rings. The summed E-state index contributed by atoms with van der Waals surface area (Å²) in [7, 11) is 0. The van der Waals surface area contributed by atoms with Gasteiger partial charge in [-0.05, 0) is 27.6 Å². The SMILES string of the molecule is NCc1cc(C(=O)O)ncc1Br. The highest BCUT2D eigenvalue weighted by Gasteiger charge is 2.06. The van der Waals surface area contributed by atoms with Crippen molar-refractivity contribution in [1.82, 2.24) is 4.98 Å². The molecule has 0 unspecified atom stereocenters. The van der Waals surface area contributed by atoms with Gasteiger partial charge >= 0.3 is 5.97 Å². The van der Waals surface area contributed by atoms with E-state index in [1.807, 2.05) is 0 Å². The molecular weight excluding hydrogens is 224 g/mol. The quantitative estimate of drug-likeness (QED) is 0.795. The Labute approximate surface area is 77.5 Å². The number of pyridine rings is 1. The van der Waals surface area contributed by atoms with Gasteiger partial charge in [0.1, 0.15) is 5.69 Å². The number of carboxylic acids is 1. The van der Waals surface area contributed by atoms with Crippen molar-refractivity contribution in [2.75, 3.05) is 0 Å². The van der Waals surface area contributed by atoms with E-state index in [0.717, 1.165) is 10.0 Å². The van der Waals surface area contributed by atoms with E-state index in [1.165, 1.54) is 12.3 Å². The summed E-state index contributed by atoms with van der Waals surface area (Å²) in [6.45, 7) is 0.295. The summed E-state index contributed by atoms with van der Waals surface area (Å²) in [5, 5.41) is 8.58. The molecule has 1 aromatic rings. The first-order valence-electron chi connectivity index (χ1n) is 3.23. The Kier molecular flexibility index (Phi) is 2.78. The van der Waals surface area contributed by atoms with Crippen molar-refractivity contribution in [1.29, 1.82) is 0 Å². The normalized spacial score (nSPS) is 9.83. The Balaban J connectivity index is 3.13. The Hall–Kier alpha value is -0.940. The van der Waals surface area contributed by atoms with Crippen LogP contribution < -0.4 is 5.73 Å². The monoisotopic (exact) mass is 230 g/mol. The van der Waals surface area contributed by atoms with Crippen molar-refractivity contribution in [3.05, 3.63) is 28.0 Å². The van der Waals surface area contributed by atoms with Gasteiger partial charge < -0.3 is 10.8 Å². The third-order valence-corrected chi connectivity index (χ3v) is 2.09. The Morgan fingerprint density at radius 2 is 2.42 bits per heavy atom. The minimum absolute atomic E-state index is 0.0126. The number of rotatable bonds is 2. The zero-order chi connectivity index (χ0) is 9.14. The number of nitrogens with zero attached hydrogens (tertiary/aromatic N) is 1. The van der Waals surface area contributed by atoms with Crippen LogP contribution in [-0.4, -0.2) is 16.1 Å². The number of hydrogen-bond donors (Lipinski definition) is 2. The van der Waals surface area contributed by atoms with Gasteiger partial charge in [-0.25, -0.2) is 9.78 Å². The molecule has 1 aromatic heterocycles. The van der Waals surface area contributed by atoms with Gasteiger partial charge in [-0.1, -0.05) is 0 Å². The maximum Gasteiger partial charge on any atom is 0.354 e. The Bertz CT molecular complexity index is 314. The van der Waals surface area contributed by atoms with Gasteiger partial charge in [0.05, 0.1) is 0 Å². The van der Waals surface area contributed by atoms with Gasteiger partial charge in [-0.3, -0.25) is 0 Å². The van der Waals surface area contributed by atoms with Crippen LogP contribution in [0.1, 0.15) is 16.1 Å². The molecule has 0 aliphatic carbocycles. The van der Waals surface area contributed by atoms with Crippen LogP contribution in [0, 0.1) is 0 Å². The minimum Gasteiger partial charge on any atom is -0.477 e. The lowest BCUT2D eigenvalue weighted by Gasteiger charge is -2.00. The van der Waals surface area contributed by atoms with Crippen molar-refractivity contribution < 1.29 is 9.90 Å². The van der Waals surface area contributed by atoms with Crippen molar-refractivity contribution in [2.24, 2.45) is 5.73 Å². The molecule has 5 heteroatoms. The predicted molar refractivity (Wildman–Crippen MR) is 46.8 cm³/mol. The van der Waals surface area contributed by atoms with Crippen LogP contribution in [0.4, 0.5) is 0 Å². The Morgan fingerprint density at radius 3 is 2.92 bits per heavy atom. The predicted octanol–water partition coefficient (Wildman–Crippen LogP) is 1.00. The number of carbonyl (C=O) groups is 1. The van der Waals surface area contributed by atoms with Crippen LogP contribution in [-0.2, 0) is 6.54 Å². The lowest BCUT2D eigenvalue weighted by molar-refractivity contribution is 0.0690. The highest BCUT2D eigenvalue weighted by molar-refractivity contribution is 9.10. The molecule has 1 heterocycles. The molecule has 0 radical (unpaired) electrons. The highest BCUT2D eigenvalue weighted by Crippen LogP contribution is 2.15. The summed E-state index contributed by atoms with van der Waals surface area (Å²) in [6.07, 6.45) is 1.44. The van der Waals surface area contributed by atoms with Gasteiger partial charge in [-0.2, -0.15) is 0 Å². The molecule has 0 saturated carbocycles. The van der Waals surface area contributed by atoms with E-state index in [4.69, 9.17) is 10.8 Å². The number of aromatic carboxylic acids is 1. The molecule has 64 valence electrons. The van der Waals surface area contributed by atoms with E-state index in [0.29, 0.717) is 6.54 Å². The summed E-state index contributed by atoms with van der Waals surface area (Å²) < 4.78 is 0.731. The second-order valence-electron chi connectivity index (χ2n) is 2.17. The van der Waals surface area contributed by atoms with Crippen LogP contribution in [0.5, 0.6) is 0 Å². The van der Waals surface area contributed by atoms with E-state index in [-0.39, 0.29) is 5.69 Å². The van der Waals surface area contributed by atoms with E-state index < -0.39 is 5.97 Å². The number of halogens is 1. The van der Waals surface area contributed by atoms with E-state index in [1.54, 1.807) is 0 Å². The summed E-state index contributed by atoms with van der Waals surface area (Å²) in [5.74, 6) is -1.04. The third kappa shape index (κ3) is 1.80. The van der Waals surface area contributed by atoms with Crippen LogP contribution in [0.2, 0.25) is 0 Å². The first-order valence-corrected chi connectivity index (χ1v) is 4.02. The van der Waals surface area contributed by atoms with Gasteiger partial charge in [0, 0.05) is 17.2 Å². The summed E-state index contributed by atoms with van der Waals surface area (Å²) >= 11 is 3.20. The van der Waals surface area contributed by atoms with Crippen LogP contribution in [0.3, 0.4) is 0 Å². The average molecular weight is 231 g/mol. The molecule has 0 spiro atoms. The number of nitrogens with two attached hydrogens (primary N) is 1. The smallest absolute Gasteiger partial charge is 0.354 e. The summed E-state index contributed by atoms with van der Waals surface area (Å²) in [6, 6.07) is 1.45. The van der Waals surface area contributed by atoms with E-state index >= 15 is 0 Å². The lowest BCUT2D eigenvalue weighted by Crippen LogP contribution is -2.04. The molecule has 1 rings (SSSR count). The zero-order valence-electron chi connectivity index (χ0n) is 6.12. The van der Waals surface area contributed by atoms with Crippen LogP contribution >= 0.6 is 15.9 Å². The van der Waals surface area contributed by atoms with E-state index in [9.17, 15) is 4.79 Å². The topological polar surface area (TPSA) is 76.2 Å². The number of hydrogen-bond acceptors (Lipinski definition) is 3. The maximum absolute atomic E-state index is 10.5. The van der Waals surface area contributed by atoms with Gasteiger partial charge in [0.2, 0.25) is 0 Å². The van der Waals surface area contributed by atoms with Crippen molar-refractivity contribution in [3.63, 3.8) is 0 Å². The molecule has 0 aliphatic heterocycles. The second kappa shape index (κ2) is 3.64. The summed E-state index contributed by atoms with van der Waals surface area (Å²) in [5.41, 5.74) is 6.12. The molecule has 0 amide bonds. The average Bonchev–Trinajstić information content (AvgIpc) is 2.05. The zero-order valence-corrected chi connectivity index (χ0v) is 7.71. The number of aromatic nitrogens is 1. The van der Waals surface area contributed by atoms with Crippen LogP contribution in [0.15, 0.2) is 16.7 Å². The first kappa shape index (κ1) is 9.15. The maximum atomic E-state index is 10.5. The molecule has 12 heavy (non-hydrogen) atoms. The van der Waals surface area contributed by atoms with Crippen molar-refractivity contribution in [2.45, 2.75) is 6.54 Å². The van der Waals surface area contributed by atoms with Crippen molar-refractivity contribution >= 4 is 21.9 Å². The molecule has 0 aromatic carbocycles. The molecule has 0 saturated heterocycles. The fourth-order valence-corrected chi connectivity index (χ4v) is 1.13. The van der Waals surface area contributed by atoms with Gasteiger partial charge in [-0.15, -0.1) is 0 Å². The number of carboxylic acid groups (broad SMARTS) is 1. The van der Waals surface area contributed by atoms with E-state index in [2.05, 4.69) is 20.9 Å². The molecule has 4 nitrogen and oxygen atoms in total. The fourth-order valence-electron chi connectivity index (χ4n) is 0.754. The largest absolute Gasteiger partial charge is 0.477 e. The highest BCUT2D eigenvalue weighted by atomic mass is 79.9. The minimum atomic E-state index is -1.04. The standard InChI is InChI=1S/C7H7BrN2O2/c8-5-3-10-6(7(11)12)1-4(5)2-9/h1,3H,2,9H2,(H,11,12). The van der Waals surface area contributed by atoms with Crippen molar-refractivity contribution in [3.8, 4) is 0 Å². The molecule has 0 aliphatic rings. The molecule has 0 atom stereocenters. The fraction of sp³-hybridized carbons (Fsp3) is 0.143. The summed E-state index contributed by atoms with van der Waals surface area (Å²) in [4.78, 5) is 14.1. The second-order valence-corrected chi connectivity index (χ2v) is 3.02. The van der Waals surface area contributed by atoms with Gasteiger partial charge in [0.15, 0.2) is 0 Å². The Morgan fingerprint density at radius 1 is 1.75 bits per heavy atom. The van der Waals surface area contributed by atoms with Gasteiger partial charge in [0.25, 0.3) is 0 Å². The third-order valence-electron chi connectivity index (χ3n) is 1.37. The van der Waals surface area contributed by atoms with Crippen LogP contribution in [0.25, 0.3) is 0 Å². The molecule has 0 bridgehead atoms. The molecule has 3 N–H and O–H groups in total. The lowest BCUT2D eigenvalue weighted by atomic mass is 10.2. The first-order chi connectivity index (χ1) is 5.65.